The number of thioether (sulfide) groups is 1. The highest BCUT2D eigenvalue weighted by atomic mass is 127. The van der Waals surface area contributed by atoms with E-state index in [1.807, 2.05) is 11.8 Å². The lowest BCUT2D eigenvalue weighted by Gasteiger charge is -2.13. The zero-order chi connectivity index (χ0) is 16.0. The molecule has 0 saturated heterocycles. The molecule has 1 aliphatic rings. The number of anilines is 1. The fourth-order valence-electron chi connectivity index (χ4n) is 3.22. The van der Waals surface area contributed by atoms with Crippen molar-refractivity contribution < 1.29 is 28.5 Å². The monoisotopic (exact) mass is 446 g/mol. The number of halogens is 1. The van der Waals surface area contributed by atoms with Gasteiger partial charge in [-0.1, -0.05) is 36.0 Å². The molecule has 3 aromatic rings. The molecule has 4 heteroatoms. The summed E-state index contributed by atoms with van der Waals surface area (Å²) < 4.78 is 2.20. The average Bonchev–Trinajstić information content (AvgIpc) is 2.87. The van der Waals surface area contributed by atoms with Crippen molar-refractivity contribution in [3.05, 3.63) is 70.9 Å². The van der Waals surface area contributed by atoms with Crippen molar-refractivity contribution in [3.8, 4) is 0 Å². The average molecular weight is 446 g/mol. The molecule has 0 atom stereocenters. The molecular weight excluding hydrogens is 427 g/mol. The third kappa shape index (κ3) is 2.82. The molecule has 2 nitrogen and oxygen atoms in total. The van der Waals surface area contributed by atoms with E-state index in [-0.39, 0.29) is 24.0 Å². The van der Waals surface area contributed by atoms with E-state index >= 15 is 0 Å². The Morgan fingerprint density at radius 2 is 1.83 bits per heavy atom. The van der Waals surface area contributed by atoms with E-state index in [1.165, 1.54) is 37.6 Å². The number of hydrogen-bond acceptors (Lipinski definition) is 2. The van der Waals surface area contributed by atoms with Crippen LogP contribution < -0.4 is 33.4 Å². The van der Waals surface area contributed by atoms with Crippen LogP contribution in [0.15, 0.2) is 64.7 Å². The first-order chi connectivity index (χ1) is 11.1. The van der Waals surface area contributed by atoms with Crippen molar-refractivity contribution in [2.75, 3.05) is 11.9 Å². The zero-order valence-electron chi connectivity index (χ0n) is 14.0. The number of para-hydroxylation sites is 2. The Bertz CT molecular complexity index is 941. The quantitative estimate of drug-likeness (QED) is 0.414. The number of benzene rings is 2. The van der Waals surface area contributed by atoms with Gasteiger partial charge in [0.25, 0.3) is 0 Å². The number of fused-ring (bicyclic) bond motifs is 2. The van der Waals surface area contributed by atoms with Gasteiger partial charge in [0.15, 0.2) is 6.20 Å². The minimum Gasteiger partial charge on any atom is -1.00 e. The summed E-state index contributed by atoms with van der Waals surface area (Å²) in [6.45, 7) is 2.17. The van der Waals surface area contributed by atoms with Gasteiger partial charge in [-0.3, -0.25) is 0 Å². The van der Waals surface area contributed by atoms with Crippen LogP contribution >= 0.6 is 11.8 Å². The minimum absolute atomic E-state index is 0. The molecule has 24 heavy (non-hydrogen) atoms. The molecular formula is C20H19IN2S. The fourth-order valence-corrected chi connectivity index (χ4v) is 4.32. The van der Waals surface area contributed by atoms with E-state index in [1.54, 1.807) is 0 Å². The molecule has 0 saturated carbocycles. The first kappa shape index (κ1) is 17.3. The number of aryl methyl sites for hydroxylation is 2. The molecule has 1 aromatic heterocycles. The van der Waals surface area contributed by atoms with Crippen molar-refractivity contribution in [1.82, 2.24) is 0 Å². The highest BCUT2D eigenvalue weighted by molar-refractivity contribution is 8.03. The summed E-state index contributed by atoms with van der Waals surface area (Å²) in [5.41, 5.74) is 5.15. The zero-order valence-corrected chi connectivity index (χ0v) is 16.9. The highest BCUT2D eigenvalue weighted by Crippen LogP contribution is 2.45. The van der Waals surface area contributed by atoms with Crippen molar-refractivity contribution >= 4 is 34.4 Å². The molecule has 2 heterocycles. The molecule has 122 valence electrons. The molecule has 0 unspecified atom stereocenters. The third-order valence-corrected chi connectivity index (χ3v) is 5.60. The fraction of sp³-hybridized carbons (Fsp3) is 0.150. The van der Waals surface area contributed by atoms with E-state index in [2.05, 4.69) is 91.3 Å². The van der Waals surface area contributed by atoms with Gasteiger partial charge in [0.2, 0.25) is 5.52 Å². The standard InChI is InChI=1S/C20H19N2S.HI/c1-14-7-6-8-16-15(11-12-21(2)20(14)16)13-19-22(3)17-9-4-5-10-18(17)23-19;/h4-13H,1-3H3;1H/q+1;/p-1. The molecule has 0 bridgehead atoms. The van der Waals surface area contributed by atoms with Crippen molar-refractivity contribution in [2.45, 2.75) is 11.8 Å². The van der Waals surface area contributed by atoms with E-state index in [9.17, 15) is 0 Å². The van der Waals surface area contributed by atoms with Gasteiger partial charge in [0.1, 0.15) is 7.05 Å². The Morgan fingerprint density at radius 3 is 2.62 bits per heavy atom. The van der Waals surface area contributed by atoms with Gasteiger partial charge in [-0.15, -0.1) is 0 Å². The van der Waals surface area contributed by atoms with Crippen LogP contribution in [0.25, 0.3) is 17.0 Å². The SMILES string of the molecule is Cc1cccc2c(/C=C3\Sc4ccccc4N3C)cc[n+](C)c12.[I-]. The molecule has 0 amide bonds. The normalized spacial score (nSPS) is 14.8. The summed E-state index contributed by atoms with van der Waals surface area (Å²) in [4.78, 5) is 3.59. The molecule has 0 N–H and O–H groups in total. The topological polar surface area (TPSA) is 7.12 Å². The Hall–Kier alpha value is -1.53. The largest absolute Gasteiger partial charge is 1.00 e. The van der Waals surface area contributed by atoms with E-state index in [0.717, 1.165) is 0 Å². The van der Waals surface area contributed by atoms with Crippen molar-refractivity contribution in [1.29, 1.82) is 0 Å². The maximum atomic E-state index is 2.30. The molecule has 0 spiro atoms. The second-order valence-electron chi connectivity index (χ2n) is 5.96. The van der Waals surface area contributed by atoms with Gasteiger partial charge < -0.3 is 28.9 Å². The summed E-state index contributed by atoms with van der Waals surface area (Å²) in [5, 5.41) is 2.57. The van der Waals surface area contributed by atoms with Gasteiger partial charge in [-0.2, -0.15) is 0 Å². The van der Waals surface area contributed by atoms with Crippen LogP contribution in [0.4, 0.5) is 5.69 Å². The number of pyridine rings is 1. The Balaban J connectivity index is 0.00000169. The lowest BCUT2D eigenvalue weighted by atomic mass is 10.1. The second kappa shape index (κ2) is 6.76. The summed E-state index contributed by atoms with van der Waals surface area (Å²) in [7, 11) is 4.25. The molecule has 0 fully saturated rings. The van der Waals surface area contributed by atoms with Gasteiger partial charge in [0.05, 0.1) is 16.1 Å². The van der Waals surface area contributed by atoms with Crippen LogP contribution in [-0.4, -0.2) is 7.05 Å². The van der Waals surface area contributed by atoms with Crippen LogP contribution in [0.1, 0.15) is 11.1 Å². The van der Waals surface area contributed by atoms with Gasteiger partial charge in [-0.05, 0) is 36.8 Å². The molecule has 1 aliphatic heterocycles. The van der Waals surface area contributed by atoms with Crippen LogP contribution in [0.3, 0.4) is 0 Å². The Labute approximate surface area is 164 Å². The summed E-state index contributed by atoms with van der Waals surface area (Å²) in [6, 6.07) is 17.3. The van der Waals surface area contributed by atoms with E-state index < -0.39 is 0 Å². The number of nitrogens with zero attached hydrogens (tertiary/aromatic N) is 2. The van der Waals surface area contributed by atoms with Crippen molar-refractivity contribution in [3.63, 3.8) is 0 Å². The van der Waals surface area contributed by atoms with Crippen molar-refractivity contribution in [2.24, 2.45) is 7.05 Å². The summed E-state index contributed by atoms with van der Waals surface area (Å²) in [5.74, 6) is 0. The van der Waals surface area contributed by atoms with Crippen LogP contribution in [0.5, 0.6) is 0 Å². The summed E-state index contributed by atoms with van der Waals surface area (Å²) >= 11 is 1.84. The maximum Gasteiger partial charge on any atom is 0.215 e. The summed E-state index contributed by atoms with van der Waals surface area (Å²) in [6.07, 6.45) is 4.45. The van der Waals surface area contributed by atoms with Gasteiger partial charge >= 0.3 is 0 Å². The first-order valence-corrected chi connectivity index (χ1v) is 8.57. The number of hydrogen-bond donors (Lipinski definition) is 0. The van der Waals surface area contributed by atoms with E-state index in [0.29, 0.717) is 0 Å². The molecule has 4 rings (SSSR count). The van der Waals surface area contributed by atoms with Crippen LogP contribution in [-0.2, 0) is 7.05 Å². The Kier molecular flexibility index (Phi) is 4.88. The van der Waals surface area contributed by atoms with Gasteiger partial charge in [0, 0.05) is 23.6 Å². The Morgan fingerprint density at radius 1 is 1.04 bits per heavy atom. The van der Waals surface area contributed by atoms with Gasteiger partial charge in [-0.25, -0.2) is 4.57 Å². The van der Waals surface area contributed by atoms with Crippen LogP contribution in [0, 0.1) is 6.92 Å². The minimum atomic E-state index is 0. The highest BCUT2D eigenvalue weighted by Gasteiger charge is 2.22. The first-order valence-electron chi connectivity index (χ1n) is 7.75. The molecule has 0 radical (unpaired) electrons. The predicted molar refractivity (Wildman–Crippen MR) is 98.5 cm³/mol. The number of aromatic nitrogens is 1. The molecule has 2 aromatic carbocycles. The second-order valence-corrected chi connectivity index (χ2v) is 7.03. The maximum absolute atomic E-state index is 2.30. The third-order valence-electron chi connectivity index (χ3n) is 4.43. The smallest absolute Gasteiger partial charge is 0.215 e. The lowest BCUT2D eigenvalue weighted by Crippen LogP contribution is -3.00. The predicted octanol–water partition coefficient (Wildman–Crippen LogP) is 1.52. The number of rotatable bonds is 1. The molecule has 0 aliphatic carbocycles. The van der Waals surface area contributed by atoms with E-state index in [4.69, 9.17) is 0 Å². The van der Waals surface area contributed by atoms with Crippen LogP contribution in [0.2, 0.25) is 0 Å². The lowest BCUT2D eigenvalue weighted by molar-refractivity contribution is -0.645.